The highest BCUT2D eigenvalue weighted by molar-refractivity contribution is 5.86. The SMILES string of the molecule is CC1CCCC(N)(C(=O)N2CCN(C(=O)N(C)C)CC2)C1. The Bertz CT molecular complexity index is 404. The van der Waals surface area contributed by atoms with Gasteiger partial charge in [0.05, 0.1) is 5.54 Å². The predicted molar refractivity (Wildman–Crippen MR) is 81.8 cm³/mol. The number of piperazine rings is 1. The second-order valence-electron chi connectivity index (χ2n) is 6.81. The number of hydrogen-bond acceptors (Lipinski definition) is 3. The van der Waals surface area contributed by atoms with Gasteiger partial charge in [-0.3, -0.25) is 4.79 Å². The number of nitrogens with two attached hydrogens (primary N) is 1. The molecule has 6 nitrogen and oxygen atoms in total. The van der Waals surface area contributed by atoms with Gasteiger partial charge in [0.25, 0.3) is 0 Å². The maximum absolute atomic E-state index is 12.7. The van der Waals surface area contributed by atoms with E-state index < -0.39 is 5.54 Å². The lowest BCUT2D eigenvalue weighted by atomic mass is 9.76. The zero-order chi connectivity index (χ0) is 15.6. The molecule has 2 rings (SSSR count). The van der Waals surface area contributed by atoms with Gasteiger partial charge in [-0.1, -0.05) is 19.8 Å². The normalized spacial score (nSPS) is 30.2. The van der Waals surface area contributed by atoms with E-state index in [1.165, 1.54) is 0 Å². The molecule has 0 aromatic rings. The van der Waals surface area contributed by atoms with E-state index >= 15 is 0 Å². The Morgan fingerprint density at radius 2 is 1.71 bits per heavy atom. The molecule has 0 aromatic carbocycles. The van der Waals surface area contributed by atoms with Gasteiger partial charge in [-0.15, -0.1) is 0 Å². The average molecular weight is 296 g/mol. The Balaban J connectivity index is 1.92. The van der Waals surface area contributed by atoms with E-state index in [0.29, 0.717) is 32.1 Å². The van der Waals surface area contributed by atoms with Crippen LogP contribution in [0.2, 0.25) is 0 Å². The number of hydrogen-bond donors (Lipinski definition) is 1. The Kier molecular flexibility index (Phi) is 4.76. The fraction of sp³-hybridized carbons (Fsp3) is 0.867. The molecule has 0 bridgehead atoms. The second kappa shape index (κ2) is 6.22. The van der Waals surface area contributed by atoms with E-state index in [0.717, 1.165) is 25.7 Å². The van der Waals surface area contributed by atoms with Crippen molar-refractivity contribution in [3.05, 3.63) is 0 Å². The number of amides is 3. The molecule has 1 saturated carbocycles. The van der Waals surface area contributed by atoms with Gasteiger partial charge >= 0.3 is 6.03 Å². The maximum atomic E-state index is 12.7. The summed E-state index contributed by atoms with van der Waals surface area (Å²) in [5.41, 5.74) is 5.70. The van der Waals surface area contributed by atoms with Crippen LogP contribution in [0.5, 0.6) is 0 Å². The minimum atomic E-state index is -0.689. The van der Waals surface area contributed by atoms with Gasteiger partial charge in [-0.05, 0) is 18.8 Å². The molecule has 2 N–H and O–H groups in total. The molecule has 120 valence electrons. The van der Waals surface area contributed by atoms with Crippen molar-refractivity contribution in [1.82, 2.24) is 14.7 Å². The van der Waals surface area contributed by atoms with E-state index in [1.807, 2.05) is 4.90 Å². The molecule has 0 aromatic heterocycles. The molecule has 1 saturated heterocycles. The van der Waals surface area contributed by atoms with Crippen molar-refractivity contribution in [2.45, 2.75) is 38.1 Å². The summed E-state index contributed by atoms with van der Waals surface area (Å²) in [5.74, 6) is 0.593. The summed E-state index contributed by atoms with van der Waals surface area (Å²) in [4.78, 5) is 29.8. The Labute approximate surface area is 127 Å². The summed E-state index contributed by atoms with van der Waals surface area (Å²) < 4.78 is 0. The quantitative estimate of drug-likeness (QED) is 0.775. The van der Waals surface area contributed by atoms with Gasteiger partial charge in [0.15, 0.2) is 0 Å². The molecule has 3 amide bonds. The summed E-state index contributed by atoms with van der Waals surface area (Å²) >= 11 is 0. The minimum Gasteiger partial charge on any atom is -0.338 e. The number of rotatable bonds is 1. The van der Waals surface area contributed by atoms with Crippen LogP contribution in [0.3, 0.4) is 0 Å². The highest BCUT2D eigenvalue weighted by atomic mass is 16.2. The van der Waals surface area contributed by atoms with Crippen LogP contribution in [0.1, 0.15) is 32.6 Å². The molecule has 1 heterocycles. The third kappa shape index (κ3) is 3.48. The van der Waals surface area contributed by atoms with Crippen LogP contribution in [0.25, 0.3) is 0 Å². The minimum absolute atomic E-state index is 0.0100. The number of carbonyl (C=O) groups is 2. The van der Waals surface area contributed by atoms with E-state index in [2.05, 4.69) is 6.92 Å². The summed E-state index contributed by atoms with van der Waals surface area (Å²) in [5, 5.41) is 0. The largest absolute Gasteiger partial charge is 0.338 e. The predicted octanol–water partition coefficient (Wildman–Crippen LogP) is 0.720. The van der Waals surface area contributed by atoms with Gasteiger partial charge in [-0.25, -0.2) is 4.79 Å². The highest BCUT2D eigenvalue weighted by Gasteiger charge is 2.41. The molecular formula is C15H28N4O2. The van der Waals surface area contributed by atoms with Crippen molar-refractivity contribution in [3.63, 3.8) is 0 Å². The molecule has 2 atom stereocenters. The first-order chi connectivity index (χ1) is 9.83. The summed E-state index contributed by atoms with van der Waals surface area (Å²) in [6, 6.07) is 0.0100. The van der Waals surface area contributed by atoms with Gasteiger partial charge < -0.3 is 20.4 Å². The molecule has 2 fully saturated rings. The molecule has 2 unspecified atom stereocenters. The van der Waals surface area contributed by atoms with Crippen molar-refractivity contribution in [1.29, 1.82) is 0 Å². The Morgan fingerprint density at radius 1 is 1.14 bits per heavy atom. The zero-order valence-corrected chi connectivity index (χ0v) is 13.5. The van der Waals surface area contributed by atoms with Crippen molar-refractivity contribution < 1.29 is 9.59 Å². The van der Waals surface area contributed by atoms with Crippen molar-refractivity contribution >= 4 is 11.9 Å². The van der Waals surface area contributed by atoms with Crippen LogP contribution in [0.15, 0.2) is 0 Å². The first-order valence-corrected chi connectivity index (χ1v) is 7.88. The van der Waals surface area contributed by atoms with Gasteiger partial charge in [-0.2, -0.15) is 0 Å². The van der Waals surface area contributed by atoms with E-state index in [1.54, 1.807) is 23.9 Å². The van der Waals surface area contributed by atoms with Crippen LogP contribution in [-0.2, 0) is 4.79 Å². The first kappa shape index (κ1) is 16.1. The molecule has 1 aliphatic heterocycles. The number of urea groups is 1. The molecule has 1 aliphatic carbocycles. The van der Waals surface area contributed by atoms with Crippen molar-refractivity contribution in [2.75, 3.05) is 40.3 Å². The molecule has 2 aliphatic rings. The smallest absolute Gasteiger partial charge is 0.319 e. The summed E-state index contributed by atoms with van der Waals surface area (Å²) in [6.45, 7) is 4.53. The van der Waals surface area contributed by atoms with Crippen molar-refractivity contribution in [2.24, 2.45) is 11.7 Å². The average Bonchev–Trinajstić information content (AvgIpc) is 2.45. The first-order valence-electron chi connectivity index (χ1n) is 7.88. The van der Waals surface area contributed by atoms with Crippen LogP contribution < -0.4 is 5.73 Å². The molecule has 0 radical (unpaired) electrons. The Morgan fingerprint density at radius 3 is 2.24 bits per heavy atom. The third-order valence-electron chi connectivity index (χ3n) is 4.68. The topological polar surface area (TPSA) is 69.9 Å². The van der Waals surface area contributed by atoms with E-state index in [4.69, 9.17) is 5.73 Å². The highest BCUT2D eigenvalue weighted by Crippen LogP contribution is 2.32. The Hall–Kier alpha value is -1.30. The third-order valence-corrected chi connectivity index (χ3v) is 4.68. The number of nitrogens with zero attached hydrogens (tertiary/aromatic N) is 3. The lowest BCUT2D eigenvalue weighted by molar-refractivity contribution is -0.140. The lowest BCUT2D eigenvalue weighted by Crippen LogP contribution is -2.61. The molecule has 6 heteroatoms. The summed E-state index contributed by atoms with van der Waals surface area (Å²) in [6.07, 6.45) is 3.76. The van der Waals surface area contributed by atoms with Gasteiger partial charge in [0, 0.05) is 40.3 Å². The van der Waals surface area contributed by atoms with Crippen LogP contribution in [0, 0.1) is 5.92 Å². The van der Waals surface area contributed by atoms with Crippen LogP contribution in [0.4, 0.5) is 4.79 Å². The zero-order valence-electron chi connectivity index (χ0n) is 13.5. The van der Waals surface area contributed by atoms with Crippen LogP contribution >= 0.6 is 0 Å². The molecule has 21 heavy (non-hydrogen) atoms. The van der Waals surface area contributed by atoms with Crippen LogP contribution in [-0.4, -0.2) is 72.5 Å². The summed E-state index contributed by atoms with van der Waals surface area (Å²) in [7, 11) is 3.50. The van der Waals surface area contributed by atoms with Gasteiger partial charge in [0.2, 0.25) is 5.91 Å². The molecule has 0 spiro atoms. The fourth-order valence-corrected chi connectivity index (χ4v) is 3.48. The lowest BCUT2D eigenvalue weighted by Gasteiger charge is -2.42. The van der Waals surface area contributed by atoms with Crippen molar-refractivity contribution in [3.8, 4) is 0 Å². The van der Waals surface area contributed by atoms with E-state index in [9.17, 15) is 9.59 Å². The fourth-order valence-electron chi connectivity index (χ4n) is 3.48. The van der Waals surface area contributed by atoms with E-state index in [-0.39, 0.29) is 11.9 Å². The monoisotopic (exact) mass is 296 g/mol. The second-order valence-corrected chi connectivity index (χ2v) is 6.81. The van der Waals surface area contributed by atoms with Gasteiger partial charge in [0.1, 0.15) is 0 Å². The standard InChI is InChI=1S/C15H28N4O2/c1-12-5-4-6-15(16,11-12)13(20)18-7-9-19(10-8-18)14(21)17(2)3/h12H,4-11,16H2,1-3H3. The number of carbonyl (C=O) groups excluding carboxylic acids is 2. The maximum Gasteiger partial charge on any atom is 0.319 e. The molecular weight excluding hydrogens is 268 g/mol.